The molecule has 0 saturated heterocycles. The van der Waals surface area contributed by atoms with Crippen molar-refractivity contribution in [3.63, 3.8) is 0 Å². The number of aryl methyl sites for hydroxylation is 1. The minimum Gasteiger partial charge on any atom is -0.476 e. The third-order valence-electron chi connectivity index (χ3n) is 2.83. The quantitative estimate of drug-likeness (QED) is 0.899. The van der Waals surface area contributed by atoms with Crippen LogP contribution >= 0.6 is 0 Å². The molecule has 1 aromatic carbocycles. The van der Waals surface area contributed by atoms with Gasteiger partial charge in [0.1, 0.15) is 0 Å². The number of nitrogens with zero attached hydrogens (tertiary/aromatic N) is 2. The topological polar surface area (TPSA) is 53.4 Å². The van der Waals surface area contributed by atoms with E-state index < -0.39 is 5.97 Å². The molecule has 0 amide bonds. The van der Waals surface area contributed by atoms with Crippen LogP contribution in [0.4, 0.5) is 11.4 Å². The Hall–Kier alpha value is -2.36. The smallest absolute Gasteiger partial charge is 0.356 e. The number of aromatic nitrogens is 1. The van der Waals surface area contributed by atoms with Gasteiger partial charge in [-0.1, -0.05) is 18.2 Å². The molecule has 2 aromatic rings. The van der Waals surface area contributed by atoms with Crippen molar-refractivity contribution < 1.29 is 9.90 Å². The lowest BCUT2D eigenvalue weighted by atomic mass is 10.1. The van der Waals surface area contributed by atoms with E-state index in [1.807, 2.05) is 43.1 Å². The zero-order valence-electron chi connectivity index (χ0n) is 10.3. The van der Waals surface area contributed by atoms with E-state index >= 15 is 0 Å². The van der Waals surface area contributed by atoms with E-state index in [0.29, 0.717) is 5.69 Å². The van der Waals surface area contributed by atoms with Crippen molar-refractivity contribution in [3.05, 3.63) is 53.9 Å². The van der Waals surface area contributed by atoms with Crippen LogP contribution < -0.4 is 4.90 Å². The van der Waals surface area contributed by atoms with Crippen LogP contribution in [-0.4, -0.2) is 23.1 Å². The van der Waals surface area contributed by atoms with E-state index in [4.69, 9.17) is 5.11 Å². The summed E-state index contributed by atoms with van der Waals surface area (Å²) in [7, 11) is 1.84. The summed E-state index contributed by atoms with van der Waals surface area (Å²) in [5.74, 6) is -1.02. The molecule has 0 bridgehead atoms. The van der Waals surface area contributed by atoms with Gasteiger partial charge in [-0.15, -0.1) is 0 Å². The SMILES string of the molecule is Cc1ccccc1N(C)c1cccnc1C(=O)O. The third kappa shape index (κ3) is 2.18. The van der Waals surface area contributed by atoms with Gasteiger partial charge in [0, 0.05) is 18.9 Å². The van der Waals surface area contributed by atoms with Gasteiger partial charge in [-0.3, -0.25) is 0 Å². The molecule has 2 rings (SSSR count). The first kappa shape index (κ1) is 12.1. The molecule has 0 atom stereocenters. The summed E-state index contributed by atoms with van der Waals surface area (Å²) in [5, 5.41) is 9.14. The third-order valence-corrected chi connectivity index (χ3v) is 2.83. The van der Waals surface area contributed by atoms with Crippen LogP contribution in [0.25, 0.3) is 0 Å². The van der Waals surface area contributed by atoms with Crippen LogP contribution in [0.5, 0.6) is 0 Å². The summed E-state index contributed by atoms with van der Waals surface area (Å²) in [6.45, 7) is 1.99. The van der Waals surface area contributed by atoms with E-state index in [0.717, 1.165) is 11.3 Å². The Morgan fingerprint density at radius 3 is 2.50 bits per heavy atom. The van der Waals surface area contributed by atoms with E-state index in [2.05, 4.69) is 4.98 Å². The molecule has 0 radical (unpaired) electrons. The van der Waals surface area contributed by atoms with Crippen molar-refractivity contribution >= 4 is 17.3 Å². The van der Waals surface area contributed by atoms with Gasteiger partial charge < -0.3 is 10.0 Å². The lowest BCUT2D eigenvalue weighted by molar-refractivity contribution is 0.0691. The Morgan fingerprint density at radius 1 is 1.17 bits per heavy atom. The number of aromatic carboxylic acids is 1. The van der Waals surface area contributed by atoms with Gasteiger partial charge in [0.05, 0.1) is 5.69 Å². The molecule has 0 aliphatic rings. The Balaban J connectivity index is 2.50. The van der Waals surface area contributed by atoms with Crippen molar-refractivity contribution in [2.75, 3.05) is 11.9 Å². The van der Waals surface area contributed by atoms with Crippen LogP contribution in [0.15, 0.2) is 42.6 Å². The molecule has 1 N–H and O–H groups in total. The minimum absolute atomic E-state index is 0.0586. The van der Waals surface area contributed by atoms with Crippen LogP contribution in [0.3, 0.4) is 0 Å². The molecule has 92 valence electrons. The van der Waals surface area contributed by atoms with Crippen LogP contribution in [-0.2, 0) is 0 Å². The second kappa shape index (κ2) is 4.87. The van der Waals surface area contributed by atoms with Gasteiger partial charge >= 0.3 is 5.97 Å². The molecule has 1 aromatic heterocycles. The molecule has 18 heavy (non-hydrogen) atoms. The van der Waals surface area contributed by atoms with Crippen molar-refractivity contribution in [1.29, 1.82) is 0 Å². The number of carboxylic acids is 1. The maximum atomic E-state index is 11.2. The van der Waals surface area contributed by atoms with E-state index in [-0.39, 0.29) is 5.69 Å². The largest absolute Gasteiger partial charge is 0.476 e. The summed E-state index contributed by atoms with van der Waals surface area (Å²) >= 11 is 0. The molecule has 1 heterocycles. The number of hydrogen-bond acceptors (Lipinski definition) is 3. The number of anilines is 2. The second-order valence-corrected chi connectivity index (χ2v) is 4.02. The first-order valence-corrected chi connectivity index (χ1v) is 5.59. The standard InChI is InChI=1S/C14H14N2O2/c1-10-6-3-4-7-11(10)16(2)12-8-5-9-15-13(12)14(17)18/h3-9H,1-2H3,(H,17,18). The van der Waals surface area contributed by atoms with Crippen molar-refractivity contribution in [2.45, 2.75) is 6.92 Å². The molecule has 4 nitrogen and oxygen atoms in total. The zero-order chi connectivity index (χ0) is 13.1. The van der Waals surface area contributed by atoms with Crippen molar-refractivity contribution in [2.24, 2.45) is 0 Å². The second-order valence-electron chi connectivity index (χ2n) is 4.02. The van der Waals surface area contributed by atoms with Gasteiger partial charge in [-0.2, -0.15) is 0 Å². The minimum atomic E-state index is -1.02. The van der Waals surface area contributed by atoms with Crippen molar-refractivity contribution in [1.82, 2.24) is 4.98 Å². The van der Waals surface area contributed by atoms with Gasteiger partial charge in [-0.25, -0.2) is 9.78 Å². The van der Waals surface area contributed by atoms with Crippen molar-refractivity contribution in [3.8, 4) is 0 Å². The van der Waals surface area contributed by atoms with Gasteiger partial charge in [-0.05, 0) is 30.7 Å². The lowest BCUT2D eigenvalue weighted by Gasteiger charge is -2.22. The van der Waals surface area contributed by atoms with Crippen LogP contribution in [0.2, 0.25) is 0 Å². The van der Waals surface area contributed by atoms with Gasteiger partial charge in [0.25, 0.3) is 0 Å². The lowest BCUT2D eigenvalue weighted by Crippen LogP contribution is -2.16. The fourth-order valence-electron chi connectivity index (χ4n) is 1.90. The summed E-state index contributed by atoms with van der Waals surface area (Å²) in [6, 6.07) is 11.3. The first-order chi connectivity index (χ1) is 8.61. The van der Waals surface area contributed by atoms with Gasteiger partial charge in [0.2, 0.25) is 0 Å². The van der Waals surface area contributed by atoms with E-state index in [1.54, 1.807) is 12.1 Å². The predicted octanol–water partition coefficient (Wildman–Crippen LogP) is 2.86. The molecule has 0 spiro atoms. The molecular formula is C14H14N2O2. The molecule has 0 aliphatic heterocycles. The van der Waals surface area contributed by atoms with E-state index in [1.165, 1.54) is 6.20 Å². The number of hydrogen-bond donors (Lipinski definition) is 1. The average Bonchev–Trinajstić information content (AvgIpc) is 2.38. The van der Waals surface area contributed by atoms with E-state index in [9.17, 15) is 4.79 Å². The first-order valence-electron chi connectivity index (χ1n) is 5.59. The summed E-state index contributed by atoms with van der Waals surface area (Å²) in [4.78, 5) is 16.9. The number of pyridine rings is 1. The maximum absolute atomic E-state index is 11.2. The number of carboxylic acid groups (broad SMARTS) is 1. The summed E-state index contributed by atoms with van der Waals surface area (Å²) < 4.78 is 0. The highest BCUT2D eigenvalue weighted by Crippen LogP contribution is 2.28. The Morgan fingerprint density at radius 2 is 1.83 bits per heavy atom. The van der Waals surface area contributed by atoms with Gasteiger partial charge in [0.15, 0.2) is 5.69 Å². The fourth-order valence-corrected chi connectivity index (χ4v) is 1.90. The Bertz CT molecular complexity index is 582. The zero-order valence-corrected chi connectivity index (χ0v) is 10.3. The maximum Gasteiger partial charge on any atom is 0.356 e. The molecule has 0 saturated carbocycles. The number of carbonyl (C=O) groups is 1. The van der Waals surface area contributed by atoms with Crippen LogP contribution in [0.1, 0.15) is 16.1 Å². The van der Waals surface area contributed by atoms with Crippen LogP contribution in [0, 0.1) is 6.92 Å². The molecule has 0 aliphatic carbocycles. The number of benzene rings is 1. The average molecular weight is 242 g/mol. The summed E-state index contributed by atoms with van der Waals surface area (Å²) in [5.41, 5.74) is 2.69. The number of rotatable bonds is 3. The Kier molecular flexibility index (Phi) is 3.28. The highest BCUT2D eigenvalue weighted by atomic mass is 16.4. The monoisotopic (exact) mass is 242 g/mol. The molecular weight excluding hydrogens is 228 g/mol. The normalized spacial score (nSPS) is 10.1. The summed E-state index contributed by atoms with van der Waals surface area (Å²) in [6.07, 6.45) is 1.48. The Labute approximate surface area is 106 Å². The highest BCUT2D eigenvalue weighted by Gasteiger charge is 2.16. The highest BCUT2D eigenvalue weighted by molar-refractivity contribution is 5.93. The molecule has 0 unspecified atom stereocenters. The number of para-hydroxylation sites is 1. The molecule has 4 heteroatoms. The predicted molar refractivity (Wildman–Crippen MR) is 70.4 cm³/mol. The molecule has 0 fully saturated rings. The fraction of sp³-hybridized carbons (Fsp3) is 0.143.